The number of carbonyl (C=O) groups is 1. The molecular weight excluding hydrogens is 368 g/mol. The number of aromatic amines is 1. The third kappa shape index (κ3) is 3.80. The van der Waals surface area contributed by atoms with Crippen LogP contribution in [0.2, 0.25) is 0 Å². The van der Waals surface area contributed by atoms with Gasteiger partial charge in [-0.15, -0.1) is 0 Å². The number of rotatable bonds is 4. The molecule has 5 rings (SSSR count). The number of H-pyrrole nitrogens is 1. The van der Waals surface area contributed by atoms with Gasteiger partial charge in [-0.2, -0.15) is 5.10 Å². The minimum absolute atomic E-state index is 0.0286. The van der Waals surface area contributed by atoms with E-state index in [2.05, 4.69) is 15.1 Å². The number of hydrogen-bond acceptors (Lipinski definition) is 5. The number of nitrogens with zero attached hydrogens (tertiary/aromatic N) is 3. The van der Waals surface area contributed by atoms with E-state index in [9.17, 15) is 4.79 Å². The maximum absolute atomic E-state index is 13.3. The molecule has 4 heterocycles. The molecule has 1 atom stereocenters. The van der Waals surface area contributed by atoms with Gasteiger partial charge in [-0.05, 0) is 30.9 Å². The van der Waals surface area contributed by atoms with Gasteiger partial charge in [-0.3, -0.25) is 14.8 Å². The Morgan fingerprint density at radius 2 is 2.07 bits per heavy atom. The lowest BCUT2D eigenvalue weighted by atomic mass is 9.96. The highest BCUT2D eigenvalue weighted by atomic mass is 16.5. The molecule has 2 aliphatic heterocycles. The van der Waals surface area contributed by atoms with E-state index in [1.165, 1.54) is 6.42 Å². The topological polar surface area (TPSA) is 74.6 Å². The number of piperidine rings is 1. The SMILES string of the molecule is O=C(c1cn[nH]c1-c1cc2ccccc2o1)N1CCCC(CN2CCOCC2)C1. The number of carbonyl (C=O) groups excluding carboxylic acids is 1. The molecule has 2 fully saturated rings. The molecule has 1 unspecified atom stereocenters. The number of hydrogen-bond donors (Lipinski definition) is 1. The lowest BCUT2D eigenvalue weighted by Gasteiger charge is -2.36. The highest BCUT2D eigenvalue weighted by Gasteiger charge is 2.29. The summed E-state index contributed by atoms with van der Waals surface area (Å²) in [7, 11) is 0. The Bertz CT molecular complexity index is 956. The predicted octanol–water partition coefficient (Wildman–Crippen LogP) is 3.01. The number of para-hydroxylation sites is 1. The highest BCUT2D eigenvalue weighted by molar-refractivity contribution is 6.00. The average molecular weight is 394 g/mol. The molecule has 1 amide bonds. The molecule has 29 heavy (non-hydrogen) atoms. The van der Waals surface area contributed by atoms with Crippen LogP contribution in [0.1, 0.15) is 23.2 Å². The molecule has 0 radical (unpaired) electrons. The van der Waals surface area contributed by atoms with E-state index in [0.717, 1.165) is 63.3 Å². The summed E-state index contributed by atoms with van der Waals surface area (Å²) >= 11 is 0. The number of amides is 1. The Morgan fingerprint density at radius 3 is 2.93 bits per heavy atom. The van der Waals surface area contributed by atoms with Crippen molar-refractivity contribution in [3.8, 4) is 11.5 Å². The van der Waals surface area contributed by atoms with E-state index in [0.29, 0.717) is 22.9 Å². The van der Waals surface area contributed by atoms with Crippen molar-refractivity contribution in [2.75, 3.05) is 45.9 Å². The molecule has 7 heteroatoms. The Labute approximate surface area is 169 Å². The zero-order chi connectivity index (χ0) is 19.6. The number of nitrogens with one attached hydrogen (secondary N) is 1. The van der Waals surface area contributed by atoms with Crippen LogP contribution in [0.15, 0.2) is 40.9 Å². The van der Waals surface area contributed by atoms with Crippen LogP contribution in [0.3, 0.4) is 0 Å². The number of ether oxygens (including phenoxy) is 1. The van der Waals surface area contributed by atoms with E-state index < -0.39 is 0 Å². The van der Waals surface area contributed by atoms with Gasteiger partial charge in [0.25, 0.3) is 5.91 Å². The minimum Gasteiger partial charge on any atom is -0.454 e. The Balaban J connectivity index is 1.32. The Kier molecular flexibility index (Phi) is 5.08. The van der Waals surface area contributed by atoms with Crippen molar-refractivity contribution in [3.63, 3.8) is 0 Å². The van der Waals surface area contributed by atoms with Gasteiger partial charge in [-0.25, -0.2) is 0 Å². The van der Waals surface area contributed by atoms with Crippen molar-refractivity contribution in [1.29, 1.82) is 0 Å². The summed E-state index contributed by atoms with van der Waals surface area (Å²) in [6.07, 6.45) is 3.83. The maximum Gasteiger partial charge on any atom is 0.257 e. The van der Waals surface area contributed by atoms with Gasteiger partial charge in [0, 0.05) is 38.1 Å². The van der Waals surface area contributed by atoms with Gasteiger partial charge in [0.2, 0.25) is 0 Å². The van der Waals surface area contributed by atoms with Gasteiger partial charge in [0.15, 0.2) is 5.76 Å². The molecule has 152 valence electrons. The van der Waals surface area contributed by atoms with E-state index >= 15 is 0 Å². The van der Waals surface area contributed by atoms with E-state index in [-0.39, 0.29) is 5.91 Å². The van der Waals surface area contributed by atoms with Gasteiger partial charge >= 0.3 is 0 Å². The number of morpholine rings is 1. The van der Waals surface area contributed by atoms with Crippen LogP contribution in [0, 0.1) is 5.92 Å². The highest BCUT2D eigenvalue weighted by Crippen LogP contribution is 2.30. The fourth-order valence-corrected chi connectivity index (χ4v) is 4.46. The maximum atomic E-state index is 13.3. The molecule has 1 N–H and O–H groups in total. The standard InChI is InChI=1S/C22H26N4O3/c27-22(26-7-3-4-16(15-26)14-25-8-10-28-11-9-25)18-13-23-24-21(18)20-12-17-5-1-2-6-19(17)29-20/h1-2,5-6,12-13,16H,3-4,7-11,14-15H2,(H,23,24). The molecule has 7 nitrogen and oxygen atoms in total. The molecule has 2 aromatic heterocycles. The fourth-order valence-electron chi connectivity index (χ4n) is 4.46. The quantitative estimate of drug-likeness (QED) is 0.736. The van der Waals surface area contributed by atoms with Gasteiger partial charge in [-0.1, -0.05) is 18.2 Å². The molecule has 0 aliphatic carbocycles. The number of furan rings is 1. The Morgan fingerprint density at radius 1 is 1.21 bits per heavy atom. The summed E-state index contributed by atoms with van der Waals surface area (Å²) in [5, 5.41) is 8.12. The Hall–Kier alpha value is -2.64. The second-order valence-electron chi connectivity index (χ2n) is 7.98. The third-order valence-corrected chi connectivity index (χ3v) is 5.97. The zero-order valence-corrected chi connectivity index (χ0v) is 16.5. The zero-order valence-electron chi connectivity index (χ0n) is 16.5. The second-order valence-corrected chi connectivity index (χ2v) is 7.98. The van der Waals surface area contributed by atoms with Crippen molar-refractivity contribution in [1.82, 2.24) is 20.0 Å². The first-order valence-corrected chi connectivity index (χ1v) is 10.4. The first kappa shape index (κ1) is 18.4. The first-order chi connectivity index (χ1) is 14.3. The largest absolute Gasteiger partial charge is 0.454 e. The van der Waals surface area contributed by atoms with E-state index in [1.54, 1.807) is 6.20 Å². The van der Waals surface area contributed by atoms with E-state index in [4.69, 9.17) is 9.15 Å². The molecule has 3 aromatic rings. The number of fused-ring (bicyclic) bond motifs is 1. The van der Waals surface area contributed by atoms with E-state index in [1.807, 2.05) is 35.2 Å². The average Bonchev–Trinajstić information content (AvgIpc) is 3.41. The van der Waals surface area contributed by atoms with Crippen molar-refractivity contribution >= 4 is 16.9 Å². The number of aromatic nitrogens is 2. The van der Waals surface area contributed by atoms with Crippen LogP contribution >= 0.6 is 0 Å². The van der Waals surface area contributed by atoms with Gasteiger partial charge in [0.05, 0.1) is 25.0 Å². The summed E-state index contributed by atoms with van der Waals surface area (Å²) in [5.74, 6) is 1.18. The summed E-state index contributed by atoms with van der Waals surface area (Å²) in [6.45, 7) is 6.22. The fraction of sp³-hybridized carbons (Fsp3) is 0.455. The molecule has 2 saturated heterocycles. The monoisotopic (exact) mass is 394 g/mol. The molecular formula is C22H26N4O3. The van der Waals surface area contributed by atoms with Crippen LogP contribution in [0.4, 0.5) is 0 Å². The predicted molar refractivity (Wildman–Crippen MR) is 110 cm³/mol. The van der Waals surface area contributed by atoms with Crippen LogP contribution < -0.4 is 0 Å². The number of benzene rings is 1. The van der Waals surface area contributed by atoms with Crippen molar-refractivity contribution < 1.29 is 13.9 Å². The summed E-state index contributed by atoms with van der Waals surface area (Å²) < 4.78 is 11.4. The molecule has 0 saturated carbocycles. The second kappa shape index (κ2) is 8.00. The minimum atomic E-state index is 0.0286. The molecule has 0 bridgehead atoms. The van der Waals surface area contributed by atoms with Crippen LogP contribution in [0.5, 0.6) is 0 Å². The van der Waals surface area contributed by atoms with Gasteiger partial charge < -0.3 is 14.1 Å². The normalized spacial score (nSPS) is 21.0. The molecule has 0 spiro atoms. The molecule has 1 aromatic carbocycles. The first-order valence-electron chi connectivity index (χ1n) is 10.4. The summed E-state index contributed by atoms with van der Waals surface area (Å²) in [6, 6.07) is 9.80. The lowest BCUT2D eigenvalue weighted by molar-refractivity contribution is 0.0224. The number of likely N-dealkylation sites (tertiary alicyclic amines) is 1. The molecule has 2 aliphatic rings. The van der Waals surface area contributed by atoms with Crippen molar-refractivity contribution in [3.05, 3.63) is 42.1 Å². The van der Waals surface area contributed by atoms with Crippen LogP contribution in [0.25, 0.3) is 22.4 Å². The third-order valence-electron chi connectivity index (χ3n) is 5.97. The van der Waals surface area contributed by atoms with Crippen molar-refractivity contribution in [2.45, 2.75) is 12.8 Å². The smallest absolute Gasteiger partial charge is 0.257 e. The van der Waals surface area contributed by atoms with Crippen LogP contribution in [-0.4, -0.2) is 71.8 Å². The lowest BCUT2D eigenvalue weighted by Crippen LogP contribution is -2.46. The summed E-state index contributed by atoms with van der Waals surface area (Å²) in [4.78, 5) is 17.7. The van der Waals surface area contributed by atoms with Crippen molar-refractivity contribution in [2.24, 2.45) is 5.92 Å². The summed E-state index contributed by atoms with van der Waals surface area (Å²) in [5.41, 5.74) is 2.04. The van der Waals surface area contributed by atoms with Crippen LogP contribution in [-0.2, 0) is 4.74 Å². The van der Waals surface area contributed by atoms with Gasteiger partial charge in [0.1, 0.15) is 11.3 Å².